The van der Waals surface area contributed by atoms with Gasteiger partial charge in [0.05, 0.1) is 6.20 Å². The summed E-state index contributed by atoms with van der Waals surface area (Å²) in [6.07, 6.45) is 1.37. The second-order valence-corrected chi connectivity index (χ2v) is 5.47. The van der Waals surface area contributed by atoms with Gasteiger partial charge in [-0.15, -0.1) is 0 Å². The molecule has 1 heterocycles. The number of thiazole rings is 1. The third kappa shape index (κ3) is 4.59. The predicted octanol–water partition coefficient (Wildman–Crippen LogP) is 1.64. The second-order valence-electron chi connectivity index (χ2n) is 4.44. The summed E-state index contributed by atoms with van der Waals surface area (Å²) in [6, 6.07) is 0. The van der Waals surface area contributed by atoms with Crippen LogP contribution in [-0.2, 0) is 0 Å². The minimum absolute atomic E-state index is 0.0940. The fourth-order valence-corrected chi connectivity index (χ4v) is 1.74. The van der Waals surface area contributed by atoms with Gasteiger partial charge in [-0.2, -0.15) is 0 Å². The molecule has 0 spiro atoms. The molecule has 1 aromatic rings. The first-order chi connectivity index (χ1) is 7.38. The largest absolute Gasteiger partial charge is 0.477 e. The highest BCUT2D eigenvalue weighted by Crippen LogP contribution is 2.17. The molecule has 0 aliphatic carbocycles. The minimum Gasteiger partial charge on any atom is -0.477 e. The monoisotopic (exact) mass is 243 g/mol. The summed E-state index contributed by atoms with van der Waals surface area (Å²) in [5.74, 6) is -0.932. The highest BCUT2D eigenvalue weighted by Gasteiger charge is 2.09. The number of anilines is 1. The van der Waals surface area contributed by atoms with Gasteiger partial charge < -0.3 is 15.7 Å². The van der Waals surface area contributed by atoms with Crippen molar-refractivity contribution in [2.24, 2.45) is 0 Å². The van der Waals surface area contributed by atoms with Crippen LogP contribution in [0, 0.1) is 0 Å². The van der Waals surface area contributed by atoms with Crippen LogP contribution in [-0.4, -0.2) is 34.7 Å². The van der Waals surface area contributed by atoms with Gasteiger partial charge in [0.1, 0.15) is 4.88 Å². The lowest BCUT2D eigenvalue weighted by atomic mass is 10.1. The number of carbonyl (C=O) groups is 1. The quantitative estimate of drug-likeness (QED) is 0.686. The summed E-state index contributed by atoms with van der Waals surface area (Å²) in [6.45, 7) is 7.83. The minimum atomic E-state index is -0.932. The number of hydrogen-bond donors (Lipinski definition) is 3. The number of nitrogens with one attached hydrogen (secondary N) is 2. The number of aromatic carboxylic acids is 1. The maximum atomic E-state index is 10.6. The molecule has 0 unspecified atom stereocenters. The molecule has 1 rings (SSSR count). The van der Waals surface area contributed by atoms with Gasteiger partial charge in [-0.25, -0.2) is 9.78 Å². The molecule has 5 nitrogen and oxygen atoms in total. The summed E-state index contributed by atoms with van der Waals surface area (Å²) in [5, 5.41) is 15.7. The fraction of sp³-hybridized carbons (Fsp3) is 0.600. The van der Waals surface area contributed by atoms with Gasteiger partial charge in [-0.05, 0) is 20.8 Å². The van der Waals surface area contributed by atoms with Gasteiger partial charge in [0.15, 0.2) is 5.13 Å². The molecule has 0 aliphatic rings. The van der Waals surface area contributed by atoms with Crippen molar-refractivity contribution in [3.8, 4) is 0 Å². The van der Waals surface area contributed by atoms with E-state index in [-0.39, 0.29) is 10.4 Å². The Morgan fingerprint density at radius 1 is 1.50 bits per heavy atom. The lowest BCUT2D eigenvalue weighted by molar-refractivity contribution is 0.0702. The molecule has 0 aliphatic heterocycles. The normalized spacial score (nSPS) is 11.4. The maximum Gasteiger partial charge on any atom is 0.347 e. The smallest absolute Gasteiger partial charge is 0.347 e. The number of hydrogen-bond acceptors (Lipinski definition) is 5. The van der Waals surface area contributed by atoms with Crippen LogP contribution < -0.4 is 10.6 Å². The van der Waals surface area contributed by atoms with Crippen LogP contribution in [0.25, 0.3) is 0 Å². The molecule has 0 aromatic carbocycles. The van der Waals surface area contributed by atoms with Crippen molar-refractivity contribution in [3.63, 3.8) is 0 Å². The van der Waals surface area contributed by atoms with E-state index >= 15 is 0 Å². The molecule has 6 heteroatoms. The molecular formula is C10H17N3O2S. The standard InChI is InChI=1S/C10H17N3O2S/c1-10(2,3)13-5-4-11-9-12-6-7(16-9)8(14)15/h6,13H,4-5H2,1-3H3,(H,11,12)(H,14,15). The Labute approximate surface area is 98.9 Å². The summed E-state index contributed by atoms with van der Waals surface area (Å²) < 4.78 is 0. The summed E-state index contributed by atoms with van der Waals surface area (Å²) >= 11 is 1.15. The van der Waals surface area contributed by atoms with Crippen LogP contribution in [0.1, 0.15) is 30.4 Å². The average molecular weight is 243 g/mol. The van der Waals surface area contributed by atoms with Crippen LogP contribution in [0.2, 0.25) is 0 Å². The predicted molar refractivity (Wildman–Crippen MR) is 65.3 cm³/mol. The van der Waals surface area contributed by atoms with Gasteiger partial charge in [0, 0.05) is 18.6 Å². The highest BCUT2D eigenvalue weighted by atomic mass is 32.1. The topological polar surface area (TPSA) is 74.2 Å². The Balaban J connectivity index is 2.30. The van der Waals surface area contributed by atoms with Crippen LogP contribution in [0.5, 0.6) is 0 Å². The van der Waals surface area contributed by atoms with E-state index in [4.69, 9.17) is 5.11 Å². The van der Waals surface area contributed by atoms with Gasteiger partial charge in [-0.1, -0.05) is 11.3 Å². The molecule has 0 saturated heterocycles. The van der Waals surface area contributed by atoms with Crippen LogP contribution in [0.15, 0.2) is 6.20 Å². The molecule has 0 radical (unpaired) electrons. The van der Waals surface area contributed by atoms with Gasteiger partial charge >= 0.3 is 5.97 Å². The molecule has 16 heavy (non-hydrogen) atoms. The molecule has 90 valence electrons. The molecule has 0 atom stereocenters. The summed E-state index contributed by atoms with van der Waals surface area (Å²) in [4.78, 5) is 14.8. The SMILES string of the molecule is CC(C)(C)NCCNc1ncc(C(=O)O)s1. The molecule has 1 aromatic heterocycles. The zero-order valence-corrected chi connectivity index (χ0v) is 10.5. The van der Waals surface area contributed by atoms with E-state index in [0.29, 0.717) is 5.13 Å². The van der Waals surface area contributed by atoms with Crippen LogP contribution in [0.4, 0.5) is 5.13 Å². The van der Waals surface area contributed by atoms with Gasteiger partial charge in [0.25, 0.3) is 0 Å². The number of nitrogens with zero attached hydrogens (tertiary/aromatic N) is 1. The summed E-state index contributed by atoms with van der Waals surface area (Å²) in [7, 11) is 0. The Bertz CT molecular complexity index is 357. The Morgan fingerprint density at radius 2 is 2.19 bits per heavy atom. The maximum absolute atomic E-state index is 10.6. The van der Waals surface area contributed by atoms with Crippen molar-refractivity contribution in [3.05, 3.63) is 11.1 Å². The van der Waals surface area contributed by atoms with E-state index < -0.39 is 5.97 Å². The second kappa shape index (κ2) is 5.27. The van der Waals surface area contributed by atoms with Crippen molar-refractivity contribution in [1.82, 2.24) is 10.3 Å². The Hall–Kier alpha value is -1.14. The van der Waals surface area contributed by atoms with E-state index in [1.807, 2.05) is 0 Å². The van der Waals surface area contributed by atoms with Crippen molar-refractivity contribution >= 4 is 22.4 Å². The molecule has 0 fully saturated rings. The van der Waals surface area contributed by atoms with Crippen molar-refractivity contribution in [2.75, 3.05) is 18.4 Å². The third-order valence-electron chi connectivity index (χ3n) is 1.77. The van der Waals surface area contributed by atoms with E-state index in [0.717, 1.165) is 24.4 Å². The van der Waals surface area contributed by atoms with Crippen molar-refractivity contribution in [2.45, 2.75) is 26.3 Å². The number of carboxylic acid groups (broad SMARTS) is 1. The van der Waals surface area contributed by atoms with E-state index in [1.165, 1.54) is 6.20 Å². The van der Waals surface area contributed by atoms with E-state index in [2.05, 4.69) is 36.4 Å². The lowest BCUT2D eigenvalue weighted by Crippen LogP contribution is -2.38. The molecule has 3 N–H and O–H groups in total. The molecule has 0 amide bonds. The first-order valence-electron chi connectivity index (χ1n) is 5.06. The van der Waals surface area contributed by atoms with E-state index in [1.54, 1.807) is 0 Å². The first kappa shape index (κ1) is 12.9. The average Bonchev–Trinajstić information content (AvgIpc) is 2.59. The number of rotatable bonds is 5. The van der Waals surface area contributed by atoms with Gasteiger partial charge in [0.2, 0.25) is 0 Å². The van der Waals surface area contributed by atoms with Crippen LogP contribution >= 0.6 is 11.3 Å². The zero-order valence-electron chi connectivity index (χ0n) is 9.70. The van der Waals surface area contributed by atoms with Gasteiger partial charge in [-0.3, -0.25) is 0 Å². The Kier molecular flexibility index (Phi) is 4.26. The van der Waals surface area contributed by atoms with Crippen molar-refractivity contribution < 1.29 is 9.90 Å². The lowest BCUT2D eigenvalue weighted by Gasteiger charge is -2.20. The zero-order chi connectivity index (χ0) is 12.2. The first-order valence-corrected chi connectivity index (χ1v) is 5.88. The molecular weight excluding hydrogens is 226 g/mol. The van der Waals surface area contributed by atoms with E-state index in [9.17, 15) is 4.79 Å². The number of aromatic nitrogens is 1. The van der Waals surface area contributed by atoms with Crippen molar-refractivity contribution in [1.29, 1.82) is 0 Å². The third-order valence-corrected chi connectivity index (χ3v) is 2.72. The highest BCUT2D eigenvalue weighted by molar-refractivity contribution is 7.17. The molecule has 0 bridgehead atoms. The van der Waals surface area contributed by atoms with Crippen LogP contribution in [0.3, 0.4) is 0 Å². The Morgan fingerprint density at radius 3 is 2.69 bits per heavy atom. The number of carboxylic acids is 1. The fourth-order valence-electron chi connectivity index (χ4n) is 1.06. The molecule has 0 saturated carbocycles. The summed E-state index contributed by atoms with van der Waals surface area (Å²) in [5.41, 5.74) is 0.0940.